The fourth-order valence-electron chi connectivity index (χ4n) is 0.930. The lowest BCUT2D eigenvalue weighted by atomic mass is 10.1. The van der Waals surface area contributed by atoms with E-state index in [1.165, 1.54) is 0 Å². The lowest BCUT2D eigenvalue weighted by Crippen LogP contribution is -2.41. The van der Waals surface area contributed by atoms with Crippen molar-refractivity contribution in [3.8, 4) is 0 Å². The maximum Gasteiger partial charge on any atom is 0.236 e. The van der Waals surface area contributed by atoms with Crippen LogP contribution in [0.4, 0.5) is 0 Å². The monoisotopic (exact) mass is 200 g/mol. The van der Waals surface area contributed by atoms with Crippen LogP contribution in [0, 0.1) is 12.3 Å². The van der Waals surface area contributed by atoms with Gasteiger partial charge >= 0.3 is 0 Å². The van der Waals surface area contributed by atoms with Crippen LogP contribution >= 0.6 is 0 Å². The van der Waals surface area contributed by atoms with Gasteiger partial charge in [-0.15, -0.1) is 0 Å². The van der Waals surface area contributed by atoms with Gasteiger partial charge < -0.3 is 22.1 Å². The average molecular weight is 200 g/mol. The highest BCUT2D eigenvalue weighted by Crippen LogP contribution is 1.92. The molecular formula is C8H18N5O. The summed E-state index contributed by atoms with van der Waals surface area (Å²) in [7, 11) is 0. The Labute approximate surface area is 83.9 Å². The SMILES string of the molecule is [CH2]CNC(=O)[C@@H](N)CCCNC(=N)N. The van der Waals surface area contributed by atoms with Crippen molar-refractivity contribution in [2.45, 2.75) is 18.9 Å². The number of rotatable bonds is 6. The molecule has 0 heterocycles. The molecule has 1 amide bonds. The van der Waals surface area contributed by atoms with Crippen LogP contribution < -0.4 is 22.1 Å². The van der Waals surface area contributed by atoms with Gasteiger partial charge in [0.05, 0.1) is 6.04 Å². The number of carbonyl (C=O) groups excluding carboxylic acids is 1. The number of hydrogen-bond acceptors (Lipinski definition) is 3. The minimum absolute atomic E-state index is 0.0687. The predicted octanol–water partition coefficient (Wildman–Crippen LogP) is -1.47. The van der Waals surface area contributed by atoms with Gasteiger partial charge in [0.1, 0.15) is 0 Å². The lowest BCUT2D eigenvalue weighted by molar-refractivity contribution is -0.122. The fourth-order valence-corrected chi connectivity index (χ4v) is 0.930. The Morgan fingerprint density at radius 2 is 2.14 bits per heavy atom. The Morgan fingerprint density at radius 1 is 1.50 bits per heavy atom. The standard InChI is InChI=1S/C8H18N5O/c1-2-12-7(14)6(9)4-3-5-13-8(10)11/h6H,1-5,9H2,(H,12,14)(H4,10,11,13)/t6-/m0/s1. The minimum Gasteiger partial charge on any atom is -0.370 e. The third-order valence-electron chi connectivity index (χ3n) is 1.64. The first-order valence-corrected chi connectivity index (χ1v) is 4.48. The highest BCUT2D eigenvalue weighted by molar-refractivity contribution is 5.81. The van der Waals surface area contributed by atoms with Crippen LogP contribution in [0.1, 0.15) is 12.8 Å². The maximum atomic E-state index is 11.1. The minimum atomic E-state index is -0.509. The van der Waals surface area contributed by atoms with E-state index in [9.17, 15) is 4.79 Å². The van der Waals surface area contributed by atoms with Gasteiger partial charge in [0.2, 0.25) is 5.91 Å². The van der Waals surface area contributed by atoms with Crippen LogP contribution in [0.25, 0.3) is 0 Å². The molecule has 0 aliphatic heterocycles. The third-order valence-corrected chi connectivity index (χ3v) is 1.64. The van der Waals surface area contributed by atoms with Crippen molar-refractivity contribution < 1.29 is 4.79 Å². The second-order valence-electron chi connectivity index (χ2n) is 2.88. The van der Waals surface area contributed by atoms with Crippen molar-refractivity contribution in [2.75, 3.05) is 13.1 Å². The Bertz CT molecular complexity index is 194. The summed E-state index contributed by atoms with van der Waals surface area (Å²) in [6.07, 6.45) is 1.26. The highest BCUT2D eigenvalue weighted by atomic mass is 16.2. The van der Waals surface area contributed by atoms with Gasteiger partial charge in [0.15, 0.2) is 5.96 Å². The highest BCUT2D eigenvalue weighted by Gasteiger charge is 2.10. The molecular weight excluding hydrogens is 182 g/mol. The van der Waals surface area contributed by atoms with Crippen LogP contribution in [0.2, 0.25) is 0 Å². The summed E-state index contributed by atoms with van der Waals surface area (Å²) in [6.45, 7) is 4.38. The zero-order valence-electron chi connectivity index (χ0n) is 8.18. The molecule has 0 saturated carbocycles. The predicted molar refractivity (Wildman–Crippen MR) is 55.5 cm³/mol. The van der Waals surface area contributed by atoms with E-state index in [0.29, 0.717) is 25.9 Å². The molecule has 0 aromatic rings. The van der Waals surface area contributed by atoms with Gasteiger partial charge in [-0.05, 0) is 19.8 Å². The van der Waals surface area contributed by atoms with Crippen LogP contribution in [-0.4, -0.2) is 31.0 Å². The fraction of sp³-hybridized carbons (Fsp3) is 0.625. The van der Waals surface area contributed by atoms with E-state index in [1.807, 2.05) is 0 Å². The number of carbonyl (C=O) groups is 1. The van der Waals surface area contributed by atoms with E-state index in [0.717, 1.165) is 0 Å². The molecule has 6 nitrogen and oxygen atoms in total. The Kier molecular flexibility index (Phi) is 6.47. The van der Waals surface area contributed by atoms with E-state index in [-0.39, 0.29) is 11.9 Å². The molecule has 14 heavy (non-hydrogen) atoms. The molecule has 0 rings (SSSR count). The topological polar surface area (TPSA) is 117 Å². The molecule has 0 aromatic carbocycles. The Morgan fingerprint density at radius 3 is 2.64 bits per heavy atom. The van der Waals surface area contributed by atoms with Crippen molar-refractivity contribution in [3.63, 3.8) is 0 Å². The van der Waals surface area contributed by atoms with Gasteiger partial charge in [-0.2, -0.15) is 0 Å². The molecule has 0 aliphatic rings. The second kappa shape index (κ2) is 7.14. The van der Waals surface area contributed by atoms with Crippen LogP contribution in [-0.2, 0) is 4.79 Å². The number of guanidine groups is 1. The molecule has 0 aliphatic carbocycles. The molecule has 7 N–H and O–H groups in total. The molecule has 0 bridgehead atoms. The van der Waals surface area contributed by atoms with Gasteiger partial charge in [0.25, 0.3) is 0 Å². The van der Waals surface area contributed by atoms with E-state index in [4.69, 9.17) is 16.9 Å². The van der Waals surface area contributed by atoms with Crippen molar-refractivity contribution in [3.05, 3.63) is 6.92 Å². The second-order valence-corrected chi connectivity index (χ2v) is 2.88. The molecule has 1 radical (unpaired) electrons. The van der Waals surface area contributed by atoms with Crippen molar-refractivity contribution in [1.82, 2.24) is 10.6 Å². The van der Waals surface area contributed by atoms with Crippen molar-refractivity contribution in [1.29, 1.82) is 5.41 Å². The molecule has 0 aromatic heterocycles. The van der Waals surface area contributed by atoms with Gasteiger partial charge in [-0.3, -0.25) is 10.2 Å². The van der Waals surface area contributed by atoms with Gasteiger partial charge in [-0.1, -0.05) is 0 Å². The Hall–Kier alpha value is -1.30. The van der Waals surface area contributed by atoms with E-state index in [2.05, 4.69) is 17.6 Å². The molecule has 0 saturated heterocycles. The first kappa shape index (κ1) is 12.7. The first-order valence-electron chi connectivity index (χ1n) is 4.48. The maximum absolute atomic E-state index is 11.1. The lowest BCUT2D eigenvalue weighted by Gasteiger charge is -2.10. The summed E-state index contributed by atoms with van der Waals surface area (Å²) in [5, 5.41) is 12.0. The summed E-state index contributed by atoms with van der Waals surface area (Å²) in [6, 6.07) is -0.509. The van der Waals surface area contributed by atoms with Crippen LogP contribution in [0.15, 0.2) is 0 Å². The van der Waals surface area contributed by atoms with E-state index >= 15 is 0 Å². The molecule has 1 atom stereocenters. The quantitative estimate of drug-likeness (QED) is 0.204. The molecule has 0 spiro atoms. The number of hydrogen-bond donors (Lipinski definition) is 5. The number of amides is 1. The normalized spacial score (nSPS) is 11.9. The molecule has 0 unspecified atom stereocenters. The van der Waals surface area contributed by atoms with Gasteiger partial charge in [-0.25, -0.2) is 0 Å². The largest absolute Gasteiger partial charge is 0.370 e. The summed E-state index contributed by atoms with van der Waals surface area (Å²) < 4.78 is 0. The summed E-state index contributed by atoms with van der Waals surface area (Å²) in [5.41, 5.74) is 10.6. The third kappa shape index (κ3) is 6.24. The summed E-state index contributed by atoms with van der Waals surface area (Å²) in [4.78, 5) is 11.1. The molecule has 81 valence electrons. The molecule has 6 heteroatoms. The van der Waals surface area contributed by atoms with Crippen LogP contribution in [0.5, 0.6) is 0 Å². The Balaban J connectivity index is 3.48. The first-order chi connectivity index (χ1) is 6.57. The summed E-state index contributed by atoms with van der Waals surface area (Å²) in [5.74, 6) is -0.261. The van der Waals surface area contributed by atoms with E-state index in [1.54, 1.807) is 0 Å². The average Bonchev–Trinajstić information content (AvgIpc) is 2.12. The zero-order valence-corrected chi connectivity index (χ0v) is 8.18. The summed E-state index contributed by atoms with van der Waals surface area (Å²) >= 11 is 0. The van der Waals surface area contributed by atoms with Crippen molar-refractivity contribution in [2.24, 2.45) is 11.5 Å². The molecule has 0 fully saturated rings. The van der Waals surface area contributed by atoms with Crippen LogP contribution in [0.3, 0.4) is 0 Å². The smallest absolute Gasteiger partial charge is 0.236 e. The number of nitrogens with two attached hydrogens (primary N) is 2. The zero-order chi connectivity index (χ0) is 11.0. The van der Waals surface area contributed by atoms with E-state index < -0.39 is 6.04 Å². The number of nitrogens with one attached hydrogen (secondary N) is 3. The van der Waals surface area contributed by atoms with Gasteiger partial charge in [0, 0.05) is 13.1 Å². The van der Waals surface area contributed by atoms with Crippen molar-refractivity contribution >= 4 is 11.9 Å².